The largest absolute Gasteiger partial charge is 0.462 e. The summed E-state index contributed by atoms with van der Waals surface area (Å²) < 4.78 is 17.0. The van der Waals surface area contributed by atoms with Crippen LogP contribution in [-0.4, -0.2) is 37.2 Å². The number of carbonyl (C=O) groups is 3. The van der Waals surface area contributed by atoms with Crippen LogP contribution in [0.5, 0.6) is 0 Å². The molecule has 0 aromatic rings. The zero-order valence-electron chi connectivity index (χ0n) is 55.5. The topological polar surface area (TPSA) is 78.9 Å². The van der Waals surface area contributed by atoms with Crippen LogP contribution < -0.4 is 0 Å². The second-order valence-corrected chi connectivity index (χ2v) is 24.5. The molecule has 0 amide bonds. The molecule has 1 unspecified atom stereocenters. The van der Waals surface area contributed by atoms with Crippen molar-refractivity contribution in [2.24, 2.45) is 0 Å². The van der Waals surface area contributed by atoms with E-state index in [0.717, 1.165) is 116 Å². The van der Waals surface area contributed by atoms with Gasteiger partial charge < -0.3 is 14.2 Å². The van der Waals surface area contributed by atoms with E-state index in [2.05, 4.69) is 93.7 Å². The van der Waals surface area contributed by atoms with Crippen LogP contribution in [0.25, 0.3) is 0 Å². The molecule has 482 valence electrons. The summed E-state index contributed by atoms with van der Waals surface area (Å²) >= 11 is 0. The van der Waals surface area contributed by atoms with Crippen molar-refractivity contribution >= 4 is 17.9 Å². The van der Waals surface area contributed by atoms with E-state index in [0.29, 0.717) is 19.3 Å². The van der Waals surface area contributed by atoms with E-state index in [-0.39, 0.29) is 31.1 Å². The summed E-state index contributed by atoms with van der Waals surface area (Å²) in [5, 5.41) is 0. The van der Waals surface area contributed by atoms with Crippen molar-refractivity contribution in [3.63, 3.8) is 0 Å². The van der Waals surface area contributed by atoms with Gasteiger partial charge in [-0.2, -0.15) is 0 Å². The fraction of sp³-hybridized carbons (Fsp3) is 0.805. The number of rotatable bonds is 67. The summed E-state index contributed by atoms with van der Waals surface area (Å²) in [5.41, 5.74) is 0. The standard InChI is InChI=1S/C77H138O6/c1-4-7-10-13-16-19-22-25-28-30-32-34-35-36-37-38-39-40-41-43-44-46-49-52-55-58-61-64-67-70-76(79)82-73-74(72-81-75(78)69-66-63-60-57-54-51-48-27-24-21-18-15-12-9-6-3)83-77(80)71-68-65-62-59-56-53-50-47-45-42-33-31-29-26-23-20-17-14-11-8-5-2/h8,11,17,20,26-27,29,33,42,47-48,50,74H,4-7,9-10,12-16,18-19,21-25,28,30-32,34-41,43-46,49,51-73H2,1-3H3/b11-8-,20-17-,29-26-,42-33-,48-27-,50-47-. The number of hydrogen-bond donors (Lipinski definition) is 0. The molecule has 0 aliphatic carbocycles. The van der Waals surface area contributed by atoms with Gasteiger partial charge in [-0.15, -0.1) is 0 Å². The smallest absolute Gasteiger partial charge is 0.306 e. The Balaban J connectivity index is 4.27. The minimum absolute atomic E-state index is 0.0827. The number of carbonyl (C=O) groups excluding carboxylic acids is 3. The van der Waals surface area contributed by atoms with E-state index in [9.17, 15) is 14.4 Å². The molecule has 1 atom stereocenters. The minimum atomic E-state index is -0.790. The predicted octanol–water partition coefficient (Wildman–Crippen LogP) is 25.2. The average molecular weight is 1160 g/mol. The van der Waals surface area contributed by atoms with Crippen LogP contribution in [0, 0.1) is 0 Å². The predicted molar refractivity (Wildman–Crippen MR) is 362 cm³/mol. The molecule has 0 saturated heterocycles. The van der Waals surface area contributed by atoms with Gasteiger partial charge >= 0.3 is 17.9 Å². The zero-order valence-corrected chi connectivity index (χ0v) is 55.5. The number of hydrogen-bond acceptors (Lipinski definition) is 6. The van der Waals surface area contributed by atoms with E-state index in [1.165, 1.54) is 225 Å². The molecule has 0 spiro atoms. The van der Waals surface area contributed by atoms with Crippen molar-refractivity contribution in [3.8, 4) is 0 Å². The fourth-order valence-corrected chi connectivity index (χ4v) is 10.8. The second kappa shape index (κ2) is 71.3. The Morgan fingerprint density at radius 1 is 0.253 bits per heavy atom. The lowest BCUT2D eigenvalue weighted by Crippen LogP contribution is -2.30. The molecular formula is C77H138O6. The number of esters is 3. The highest BCUT2D eigenvalue weighted by atomic mass is 16.6. The first-order chi connectivity index (χ1) is 41.0. The highest BCUT2D eigenvalue weighted by Gasteiger charge is 2.19. The van der Waals surface area contributed by atoms with Gasteiger partial charge in [0.1, 0.15) is 13.2 Å². The van der Waals surface area contributed by atoms with Crippen LogP contribution in [0.1, 0.15) is 380 Å². The van der Waals surface area contributed by atoms with Gasteiger partial charge in [-0.1, -0.05) is 344 Å². The van der Waals surface area contributed by atoms with E-state index in [4.69, 9.17) is 14.2 Å². The molecule has 0 saturated carbocycles. The minimum Gasteiger partial charge on any atom is -0.462 e. The van der Waals surface area contributed by atoms with Crippen molar-refractivity contribution in [2.45, 2.75) is 386 Å². The van der Waals surface area contributed by atoms with E-state index in [1.54, 1.807) is 0 Å². The van der Waals surface area contributed by atoms with Crippen molar-refractivity contribution in [1.82, 2.24) is 0 Å². The third kappa shape index (κ3) is 69.5. The monoisotopic (exact) mass is 1160 g/mol. The van der Waals surface area contributed by atoms with Crippen LogP contribution in [0.2, 0.25) is 0 Å². The van der Waals surface area contributed by atoms with Crippen LogP contribution in [0.15, 0.2) is 72.9 Å². The first kappa shape index (κ1) is 79.8. The van der Waals surface area contributed by atoms with Gasteiger partial charge in [0, 0.05) is 19.3 Å². The summed E-state index contributed by atoms with van der Waals surface area (Å²) in [7, 11) is 0. The van der Waals surface area contributed by atoms with Crippen LogP contribution in [0.4, 0.5) is 0 Å². The zero-order chi connectivity index (χ0) is 59.9. The van der Waals surface area contributed by atoms with Crippen molar-refractivity contribution in [3.05, 3.63) is 72.9 Å². The third-order valence-electron chi connectivity index (χ3n) is 16.2. The normalized spacial score (nSPS) is 12.5. The lowest BCUT2D eigenvalue weighted by molar-refractivity contribution is -0.167. The fourth-order valence-electron chi connectivity index (χ4n) is 10.8. The molecule has 6 heteroatoms. The molecule has 0 fully saturated rings. The average Bonchev–Trinajstić information content (AvgIpc) is 3.49. The summed E-state index contributed by atoms with van der Waals surface area (Å²) in [6.45, 7) is 6.56. The molecule has 0 N–H and O–H groups in total. The Morgan fingerprint density at radius 2 is 0.470 bits per heavy atom. The Bertz CT molecular complexity index is 1520. The third-order valence-corrected chi connectivity index (χ3v) is 16.2. The van der Waals surface area contributed by atoms with Crippen LogP contribution in [0.3, 0.4) is 0 Å². The molecule has 0 aliphatic heterocycles. The van der Waals surface area contributed by atoms with Crippen molar-refractivity contribution < 1.29 is 28.6 Å². The lowest BCUT2D eigenvalue weighted by atomic mass is 10.0. The molecule has 0 aromatic carbocycles. The highest BCUT2D eigenvalue weighted by Crippen LogP contribution is 2.18. The molecule has 0 bridgehead atoms. The maximum Gasteiger partial charge on any atom is 0.306 e. The van der Waals surface area contributed by atoms with E-state index < -0.39 is 6.10 Å². The van der Waals surface area contributed by atoms with Gasteiger partial charge in [0.2, 0.25) is 0 Å². The first-order valence-electron chi connectivity index (χ1n) is 36.4. The summed E-state index contributed by atoms with van der Waals surface area (Å²) in [6.07, 6.45) is 93.7. The summed E-state index contributed by atoms with van der Waals surface area (Å²) in [4.78, 5) is 38.5. The molecular weight excluding hydrogens is 1020 g/mol. The van der Waals surface area contributed by atoms with Crippen molar-refractivity contribution in [1.29, 1.82) is 0 Å². The maximum atomic E-state index is 13.0. The second-order valence-electron chi connectivity index (χ2n) is 24.5. The van der Waals surface area contributed by atoms with Crippen molar-refractivity contribution in [2.75, 3.05) is 13.2 Å². The molecule has 6 nitrogen and oxygen atoms in total. The summed E-state index contributed by atoms with van der Waals surface area (Å²) in [5.74, 6) is -0.889. The molecule has 0 rings (SSSR count). The number of allylic oxidation sites excluding steroid dienone is 12. The molecule has 0 aliphatic rings. The quantitative estimate of drug-likeness (QED) is 0.0261. The van der Waals surface area contributed by atoms with Gasteiger partial charge in [-0.25, -0.2) is 0 Å². The number of unbranched alkanes of at least 4 members (excludes halogenated alkanes) is 44. The van der Waals surface area contributed by atoms with Crippen LogP contribution in [-0.2, 0) is 28.6 Å². The van der Waals surface area contributed by atoms with Crippen LogP contribution >= 0.6 is 0 Å². The molecule has 0 aromatic heterocycles. The maximum absolute atomic E-state index is 13.0. The van der Waals surface area contributed by atoms with Gasteiger partial charge in [-0.05, 0) is 89.9 Å². The van der Waals surface area contributed by atoms with E-state index in [1.807, 2.05) is 0 Å². The first-order valence-corrected chi connectivity index (χ1v) is 36.4. The highest BCUT2D eigenvalue weighted by molar-refractivity contribution is 5.71. The lowest BCUT2D eigenvalue weighted by Gasteiger charge is -2.18. The molecule has 83 heavy (non-hydrogen) atoms. The Hall–Kier alpha value is -3.15. The SMILES string of the molecule is CC/C=C\C/C=C\C/C=C\C/C=C\C/C=C\CCCCCCCC(=O)OC(COC(=O)CCCCCCC/C=C\CCCCCCCC)COC(=O)CCCCCCCCCCCCCCCCCCCCCCCCCCCCCCC. The molecule has 0 radical (unpaired) electrons. The van der Waals surface area contributed by atoms with E-state index >= 15 is 0 Å². The number of ether oxygens (including phenoxy) is 3. The Kier molecular flexibility index (Phi) is 68.6. The van der Waals surface area contributed by atoms with Gasteiger partial charge in [0.15, 0.2) is 6.10 Å². The van der Waals surface area contributed by atoms with Gasteiger partial charge in [-0.3, -0.25) is 14.4 Å². The van der Waals surface area contributed by atoms with Gasteiger partial charge in [0.25, 0.3) is 0 Å². The van der Waals surface area contributed by atoms with Gasteiger partial charge in [0.05, 0.1) is 0 Å². The molecule has 0 heterocycles. The Morgan fingerprint density at radius 3 is 0.747 bits per heavy atom. The summed E-state index contributed by atoms with van der Waals surface area (Å²) in [6, 6.07) is 0. The Labute approximate surface area is 516 Å².